The van der Waals surface area contributed by atoms with Crippen LogP contribution in [0.15, 0.2) is 12.1 Å². The molecule has 0 bridgehead atoms. The summed E-state index contributed by atoms with van der Waals surface area (Å²) >= 11 is 0. The predicted octanol–water partition coefficient (Wildman–Crippen LogP) is 5.33. The standard InChI is InChI=1S/C17H28/c1-12-9-15(10-13(2)14(12)3)17(7,8)11-16(4,5)6/h9-10H,11H2,1-8H3. The summed E-state index contributed by atoms with van der Waals surface area (Å²) in [6.45, 7) is 18.3. The first-order chi connectivity index (χ1) is 7.53. The minimum Gasteiger partial charge on any atom is -0.0601 e. The third kappa shape index (κ3) is 3.59. The van der Waals surface area contributed by atoms with E-state index in [2.05, 4.69) is 67.5 Å². The fourth-order valence-electron chi connectivity index (χ4n) is 2.85. The fraction of sp³-hybridized carbons (Fsp3) is 0.647. The van der Waals surface area contributed by atoms with Crippen LogP contribution >= 0.6 is 0 Å². The first-order valence-corrected chi connectivity index (χ1v) is 6.61. The summed E-state index contributed by atoms with van der Waals surface area (Å²) in [6.07, 6.45) is 1.21. The van der Waals surface area contributed by atoms with Crippen LogP contribution in [0, 0.1) is 26.2 Å². The van der Waals surface area contributed by atoms with Crippen LogP contribution in [0.25, 0.3) is 0 Å². The van der Waals surface area contributed by atoms with Gasteiger partial charge in [-0.05, 0) is 60.3 Å². The number of rotatable bonds is 2. The SMILES string of the molecule is Cc1cc(C(C)(C)CC(C)(C)C)cc(C)c1C. The summed E-state index contributed by atoms with van der Waals surface area (Å²) < 4.78 is 0. The van der Waals surface area contributed by atoms with Crippen molar-refractivity contribution in [2.24, 2.45) is 5.41 Å². The molecule has 0 fully saturated rings. The molecule has 0 radical (unpaired) electrons. The van der Waals surface area contributed by atoms with Crippen LogP contribution in [0.5, 0.6) is 0 Å². The number of hydrogen-bond acceptors (Lipinski definition) is 0. The van der Waals surface area contributed by atoms with E-state index in [1.54, 1.807) is 0 Å². The largest absolute Gasteiger partial charge is 0.0601 e. The molecule has 0 aromatic heterocycles. The van der Waals surface area contributed by atoms with E-state index in [0.29, 0.717) is 5.41 Å². The minimum absolute atomic E-state index is 0.251. The van der Waals surface area contributed by atoms with Crippen LogP contribution in [0.1, 0.15) is 63.3 Å². The van der Waals surface area contributed by atoms with Crippen LogP contribution in [0.4, 0.5) is 0 Å². The van der Waals surface area contributed by atoms with Gasteiger partial charge >= 0.3 is 0 Å². The average Bonchev–Trinajstić information content (AvgIpc) is 2.09. The molecule has 0 aliphatic heterocycles. The lowest BCUT2D eigenvalue weighted by molar-refractivity contribution is 0.284. The third-order valence-corrected chi connectivity index (χ3v) is 3.68. The highest BCUT2D eigenvalue weighted by Crippen LogP contribution is 2.37. The van der Waals surface area contributed by atoms with Gasteiger partial charge in [-0.15, -0.1) is 0 Å². The van der Waals surface area contributed by atoms with Gasteiger partial charge in [-0.3, -0.25) is 0 Å². The Bertz CT molecular complexity index is 380. The van der Waals surface area contributed by atoms with Gasteiger partial charge in [0.05, 0.1) is 0 Å². The highest BCUT2D eigenvalue weighted by molar-refractivity contribution is 5.39. The van der Waals surface area contributed by atoms with E-state index < -0.39 is 0 Å². The van der Waals surface area contributed by atoms with Crippen molar-refractivity contribution in [3.05, 3.63) is 34.4 Å². The lowest BCUT2D eigenvalue weighted by atomic mass is 9.71. The van der Waals surface area contributed by atoms with Crippen molar-refractivity contribution in [1.29, 1.82) is 0 Å². The zero-order chi connectivity index (χ0) is 13.4. The van der Waals surface area contributed by atoms with Crippen LogP contribution < -0.4 is 0 Å². The molecule has 1 aromatic rings. The lowest BCUT2D eigenvalue weighted by Crippen LogP contribution is -2.25. The molecule has 0 saturated carbocycles. The zero-order valence-corrected chi connectivity index (χ0v) is 12.9. The van der Waals surface area contributed by atoms with Gasteiger partial charge in [0.15, 0.2) is 0 Å². The molecule has 0 atom stereocenters. The van der Waals surface area contributed by atoms with Gasteiger partial charge in [-0.25, -0.2) is 0 Å². The van der Waals surface area contributed by atoms with Gasteiger partial charge in [0.1, 0.15) is 0 Å². The molecule has 0 unspecified atom stereocenters. The maximum absolute atomic E-state index is 2.37. The molecule has 0 heteroatoms. The third-order valence-electron chi connectivity index (χ3n) is 3.68. The molecule has 0 spiro atoms. The van der Waals surface area contributed by atoms with Gasteiger partial charge in [0.25, 0.3) is 0 Å². The maximum Gasteiger partial charge on any atom is -0.00984 e. The van der Waals surface area contributed by atoms with E-state index in [0.717, 1.165) is 0 Å². The van der Waals surface area contributed by atoms with Crippen LogP contribution in [0.3, 0.4) is 0 Å². The quantitative estimate of drug-likeness (QED) is 0.647. The van der Waals surface area contributed by atoms with Crippen LogP contribution in [0.2, 0.25) is 0 Å². The van der Waals surface area contributed by atoms with Crippen molar-refractivity contribution < 1.29 is 0 Å². The molecule has 0 aliphatic carbocycles. The molecule has 0 saturated heterocycles. The normalized spacial score (nSPS) is 12.9. The lowest BCUT2D eigenvalue weighted by Gasteiger charge is -2.33. The Kier molecular flexibility index (Phi) is 3.76. The highest BCUT2D eigenvalue weighted by atomic mass is 14.3. The minimum atomic E-state index is 0.251. The van der Waals surface area contributed by atoms with E-state index in [4.69, 9.17) is 0 Å². The summed E-state index contributed by atoms with van der Waals surface area (Å²) in [7, 11) is 0. The summed E-state index contributed by atoms with van der Waals surface area (Å²) in [5, 5.41) is 0. The van der Waals surface area contributed by atoms with Crippen molar-refractivity contribution >= 4 is 0 Å². The highest BCUT2D eigenvalue weighted by Gasteiger charge is 2.27. The summed E-state index contributed by atoms with van der Waals surface area (Å²) in [5.74, 6) is 0. The molecule has 0 amide bonds. The van der Waals surface area contributed by atoms with Crippen molar-refractivity contribution in [3.8, 4) is 0 Å². The van der Waals surface area contributed by atoms with E-state index in [1.165, 1.54) is 28.7 Å². The Balaban J connectivity index is 3.16. The first kappa shape index (κ1) is 14.3. The molecular formula is C17H28. The summed E-state index contributed by atoms with van der Waals surface area (Å²) in [5.41, 5.74) is 6.37. The topological polar surface area (TPSA) is 0 Å². The molecule has 1 aromatic carbocycles. The van der Waals surface area contributed by atoms with E-state index in [1.807, 2.05) is 0 Å². The Hall–Kier alpha value is -0.780. The van der Waals surface area contributed by atoms with Gasteiger partial charge in [-0.2, -0.15) is 0 Å². The van der Waals surface area contributed by atoms with Gasteiger partial charge < -0.3 is 0 Å². The predicted molar refractivity (Wildman–Crippen MR) is 77.8 cm³/mol. The van der Waals surface area contributed by atoms with Crippen LogP contribution in [-0.4, -0.2) is 0 Å². The van der Waals surface area contributed by atoms with Crippen LogP contribution in [-0.2, 0) is 5.41 Å². The monoisotopic (exact) mass is 232 g/mol. The van der Waals surface area contributed by atoms with E-state index in [-0.39, 0.29) is 5.41 Å². The van der Waals surface area contributed by atoms with Gasteiger partial charge in [0, 0.05) is 0 Å². The van der Waals surface area contributed by atoms with Gasteiger partial charge in [-0.1, -0.05) is 46.8 Å². The van der Waals surface area contributed by atoms with Crippen molar-refractivity contribution in [2.75, 3.05) is 0 Å². The molecule has 96 valence electrons. The molecule has 1 rings (SSSR count). The summed E-state index contributed by atoms with van der Waals surface area (Å²) in [4.78, 5) is 0. The average molecular weight is 232 g/mol. The van der Waals surface area contributed by atoms with Gasteiger partial charge in [0.2, 0.25) is 0 Å². The molecule has 17 heavy (non-hydrogen) atoms. The molecule has 0 nitrogen and oxygen atoms in total. The molecule has 0 N–H and O–H groups in total. The number of hydrogen-bond donors (Lipinski definition) is 0. The van der Waals surface area contributed by atoms with E-state index >= 15 is 0 Å². The van der Waals surface area contributed by atoms with Crippen molar-refractivity contribution in [2.45, 2.75) is 67.2 Å². The second-order valence-corrected chi connectivity index (χ2v) is 7.36. The smallest absolute Gasteiger partial charge is 0.00984 e. The van der Waals surface area contributed by atoms with Crippen molar-refractivity contribution in [3.63, 3.8) is 0 Å². The first-order valence-electron chi connectivity index (χ1n) is 6.61. The maximum atomic E-state index is 2.37. The Labute approximate surface area is 107 Å². The molecular weight excluding hydrogens is 204 g/mol. The second kappa shape index (κ2) is 4.48. The van der Waals surface area contributed by atoms with Crippen molar-refractivity contribution in [1.82, 2.24) is 0 Å². The molecule has 0 aliphatic rings. The zero-order valence-electron chi connectivity index (χ0n) is 12.9. The Morgan fingerprint density at radius 2 is 1.24 bits per heavy atom. The Morgan fingerprint density at radius 3 is 1.59 bits per heavy atom. The summed E-state index contributed by atoms with van der Waals surface area (Å²) in [6, 6.07) is 4.74. The number of aryl methyl sites for hydroxylation is 2. The molecule has 0 heterocycles. The second-order valence-electron chi connectivity index (χ2n) is 7.36. The van der Waals surface area contributed by atoms with E-state index in [9.17, 15) is 0 Å². The fourth-order valence-corrected chi connectivity index (χ4v) is 2.85. The Morgan fingerprint density at radius 1 is 0.824 bits per heavy atom. The number of benzene rings is 1.